The Bertz CT molecular complexity index is 729. The topological polar surface area (TPSA) is 66.4 Å². The normalized spacial score (nSPS) is 12.7. The smallest absolute Gasteiger partial charge is 0.328 e. The molecule has 0 aromatic heterocycles. The number of nitrogens with one attached hydrogen (secondary N) is 1. The molecule has 1 amide bonds. The van der Waals surface area contributed by atoms with Gasteiger partial charge in [0.05, 0.1) is 0 Å². The molecule has 4 nitrogen and oxygen atoms in total. The molecule has 0 saturated carbocycles. The maximum absolute atomic E-state index is 12.4. The van der Waals surface area contributed by atoms with Gasteiger partial charge in [0, 0.05) is 23.6 Å². The van der Waals surface area contributed by atoms with Crippen molar-refractivity contribution < 1.29 is 14.7 Å². The summed E-state index contributed by atoms with van der Waals surface area (Å²) in [6, 6.07) is 20.1. The Morgan fingerprint density at radius 2 is 1.52 bits per heavy atom. The van der Waals surface area contributed by atoms with Crippen LogP contribution in [0.3, 0.4) is 0 Å². The Balaban J connectivity index is 2.47. The molecular formula is C23H27NO3. The number of carbonyl (C=O) groups excluding carboxylic acids is 1. The Morgan fingerprint density at radius 1 is 1.00 bits per heavy atom. The molecule has 0 fully saturated rings. The summed E-state index contributed by atoms with van der Waals surface area (Å²) in [5.41, 5.74) is 1.78. The average Bonchev–Trinajstić information content (AvgIpc) is 2.70. The van der Waals surface area contributed by atoms with E-state index in [0.717, 1.165) is 42.5 Å². The minimum absolute atomic E-state index is 0.173. The highest BCUT2D eigenvalue weighted by Crippen LogP contribution is 2.37. The SMILES string of the molecule is CCCCC(NC(=O)C=CC(=O)O)C(C)(c1ccccc1)c1ccccc1. The lowest BCUT2D eigenvalue weighted by Gasteiger charge is -2.39. The van der Waals surface area contributed by atoms with Gasteiger partial charge in [0.15, 0.2) is 0 Å². The Hall–Kier alpha value is -2.88. The third-order valence-electron chi connectivity index (χ3n) is 4.98. The van der Waals surface area contributed by atoms with Crippen molar-refractivity contribution in [3.8, 4) is 0 Å². The van der Waals surface area contributed by atoms with E-state index in [0.29, 0.717) is 0 Å². The molecule has 2 aromatic carbocycles. The predicted molar refractivity (Wildman–Crippen MR) is 108 cm³/mol. The minimum Gasteiger partial charge on any atom is -0.478 e. The molecule has 0 saturated heterocycles. The number of benzene rings is 2. The van der Waals surface area contributed by atoms with Crippen LogP contribution in [0.2, 0.25) is 0 Å². The molecule has 0 heterocycles. The highest BCUT2D eigenvalue weighted by Gasteiger charge is 2.37. The van der Waals surface area contributed by atoms with E-state index in [1.807, 2.05) is 36.4 Å². The van der Waals surface area contributed by atoms with Crippen LogP contribution in [-0.2, 0) is 15.0 Å². The molecule has 0 aliphatic rings. The average molecular weight is 365 g/mol. The highest BCUT2D eigenvalue weighted by molar-refractivity contribution is 5.94. The van der Waals surface area contributed by atoms with Crippen molar-refractivity contribution in [2.45, 2.75) is 44.6 Å². The monoisotopic (exact) mass is 365 g/mol. The second-order valence-electron chi connectivity index (χ2n) is 6.81. The van der Waals surface area contributed by atoms with Crippen LogP contribution < -0.4 is 5.32 Å². The van der Waals surface area contributed by atoms with Gasteiger partial charge in [0.1, 0.15) is 0 Å². The molecule has 0 spiro atoms. The van der Waals surface area contributed by atoms with Gasteiger partial charge >= 0.3 is 5.97 Å². The molecule has 1 unspecified atom stereocenters. The summed E-state index contributed by atoms with van der Waals surface area (Å²) in [7, 11) is 0. The van der Waals surface area contributed by atoms with E-state index in [4.69, 9.17) is 5.11 Å². The summed E-state index contributed by atoms with van der Waals surface area (Å²) >= 11 is 0. The standard InChI is InChI=1S/C23H27NO3/c1-3-4-15-20(24-21(25)16-17-22(26)27)23(2,18-11-7-5-8-12-18)19-13-9-6-10-14-19/h5-14,16-17,20H,3-4,15H2,1-2H3,(H,24,25)(H,26,27). The number of amides is 1. The van der Waals surface area contributed by atoms with E-state index >= 15 is 0 Å². The third-order valence-corrected chi connectivity index (χ3v) is 4.98. The lowest BCUT2D eigenvalue weighted by atomic mass is 9.69. The Morgan fingerprint density at radius 3 is 1.96 bits per heavy atom. The largest absolute Gasteiger partial charge is 0.478 e. The van der Waals surface area contributed by atoms with E-state index in [9.17, 15) is 9.59 Å². The van der Waals surface area contributed by atoms with Gasteiger partial charge < -0.3 is 10.4 Å². The first-order chi connectivity index (χ1) is 13.0. The fraction of sp³-hybridized carbons (Fsp3) is 0.304. The highest BCUT2D eigenvalue weighted by atomic mass is 16.4. The van der Waals surface area contributed by atoms with Crippen LogP contribution in [-0.4, -0.2) is 23.0 Å². The van der Waals surface area contributed by atoms with Crippen molar-refractivity contribution in [3.05, 3.63) is 83.9 Å². The van der Waals surface area contributed by atoms with Crippen LogP contribution >= 0.6 is 0 Å². The molecule has 0 aliphatic carbocycles. The third kappa shape index (κ3) is 5.30. The number of carboxylic acids is 1. The van der Waals surface area contributed by atoms with Gasteiger partial charge in [0.2, 0.25) is 5.91 Å². The van der Waals surface area contributed by atoms with E-state index in [-0.39, 0.29) is 6.04 Å². The fourth-order valence-corrected chi connectivity index (χ4v) is 3.42. The molecule has 2 aromatic rings. The maximum atomic E-state index is 12.4. The van der Waals surface area contributed by atoms with Gasteiger partial charge in [0.25, 0.3) is 0 Å². The van der Waals surface area contributed by atoms with Crippen molar-refractivity contribution in [1.29, 1.82) is 0 Å². The zero-order chi connectivity index (χ0) is 19.7. The first-order valence-electron chi connectivity index (χ1n) is 9.31. The number of carboxylic acid groups (broad SMARTS) is 1. The molecular weight excluding hydrogens is 338 g/mol. The molecule has 0 radical (unpaired) electrons. The van der Waals surface area contributed by atoms with Crippen LogP contribution in [0.1, 0.15) is 44.2 Å². The molecule has 4 heteroatoms. The number of unbranched alkanes of at least 4 members (excludes halogenated alkanes) is 1. The van der Waals surface area contributed by atoms with Crippen molar-refractivity contribution in [2.75, 3.05) is 0 Å². The van der Waals surface area contributed by atoms with E-state index in [1.165, 1.54) is 0 Å². The molecule has 27 heavy (non-hydrogen) atoms. The van der Waals surface area contributed by atoms with Gasteiger partial charge in [-0.3, -0.25) is 4.79 Å². The zero-order valence-electron chi connectivity index (χ0n) is 15.9. The lowest BCUT2D eigenvalue weighted by Crippen LogP contribution is -2.49. The van der Waals surface area contributed by atoms with Crippen molar-refractivity contribution in [1.82, 2.24) is 5.32 Å². The van der Waals surface area contributed by atoms with Gasteiger partial charge in [-0.25, -0.2) is 4.79 Å². The molecule has 1 atom stereocenters. The first kappa shape index (κ1) is 20.4. The quantitative estimate of drug-likeness (QED) is 0.651. The molecule has 142 valence electrons. The fourth-order valence-electron chi connectivity index (χ4n) is 3.42. The summed E-state index contributed by atoms with van der Waals surface area (Å²) in [4.78, 5) is 23.1. The number of aliphatic carboxylic acids is 1. The van der Waals surface area contributed by atoms with Crippen LogP contribution in [0.5, 0.6) is 0 Å². The van der Waals surface area contributed by atoms with Crippen molar-refractivity contribution in [2.24, 2.45) is 0 Å². The van der Waals surface area contributed by atoms with Gasteiger partial charge in [-0.2, -0.15) is 0 Å². The second kappa shape index (κ2) is 9.72. The molecule has 2 rings (SSSR count). The maximum Gasteiger partial charge on any atom is 0.328 e. The van der Waals surface area contributed by atoms with Crippen molar-refractivity contribution >= 4 is 11.9 Å². The van der Waals surface area contributed by atoms with Gasteiger partial charge in [-0.1, -0.05) is 80.4 Å². The molecule has 2 N–H and O–H groups in total. The summed E-state index contributed by atoms with van der Waals surface area (Å²) in [6.07, 6.45) is 4.72. The minimum atomic E-state index is -1.14. The first-order valence-corrected chi connectivity index (χ1v) is 9.31. The van der Waals surface area contributed by atoms with Crippen LogP contribution in [0.4, 0.5) is 0 Å². The van der Waals surface area contributed by atoms with Crippen LogP contribution in [0.25, 0.3) is 0 Å². The number of rotatable bonds is 9. The summed E-state index contributed by atoms with van der Waals surface area (Å²) in [6.45, 7) is 4.25. The zero-order valence-corrected chi connectivity index (χ0v) is 15.9. The predicted octanol–water partition coefficient (Wildman–Crippen LogP) is 4.31. The summed E-state index contributed by atoms with van der Waals surface area (Å²) < 4.78 is 0. The summed E-state index contributed by atoms with van der Waals surface area (Å²) in [5, 5.41) is 11.8. The van der Waals surface area contributed by atoms with Crippen molar-refractivity contribution in [3.63, 3.8) is 0 Å². The molecule has 0 bridgehead atoms. The van der Waals surface area contributed by atoms with Gasteiger partial charge in [-0.05, 0) is 24.5 Å². The Kier molecular flexibility index (Phi) is 7.35. The number of hydrogen-bond acceptors (Lipinski definition) is 2. The van der Waals surface area contributed by atoms with Crippen LogP contribution in [0.15, 0.2) is 72.8 Å². The molecule has 0 aliphatic heterocycles. The number of carbonyl (C=O) groups is 2. The van der Waals surface area contributed by atoms with E-state index < -0.39 is 17.3 Å². The van der Waals surface area contributed by atoms with Gasteiger partial charge in [-0.15, -0.1) is 0 Å². The second-order valence-corrected chi connectivity index (χ2v) is 6.81. The lowest BCUT2D eigenvalue weighted by molar-refractivity contribution is -0.131. The van der Waals surface area contributed by atoms with E-state index in [2.05, 4.69) is 43.4 Å². The van der Waals surface area contributed by atoms with E-state index in [1.54, 1.807) is 0 Å². The Labute approximate surface area is 160 Å². The number of hydrogen-bond donors (Lipinski definition) is 2. The summed E-state index contributed by atoms with van der Waals surface area (Å²) in [5.74, 6) is -1.53. The van der Waals surface area contributed by atoms with Crippen LogP contribution in [0, 0.1) is 0 Å².